The van der Waals surface area contributed by atoms with E-state index in [1.807, 2.05) is 36.8 Å². The van der Waals surface area contributed by atoms with Crippen molar-refractivity contribution >= 4 is 12.0 Å². The Hall–Kier alpha value is -0.786. The molecule has 0 saturated carbocycles. The Kier molecular flexibility index (Phi) is 10.8. The van der Waals surface area contributed by atoms with Gasteiger partial charge in [0.2, 0.25) is 0 Å². The van der Waals surface area contributed by atoms with Crippen LogP contribution in [-0.4, -0.2) is 30.6 Å². The van der Waals surface area contributed by atoms with Gasteiger partial charge in [0.25, 0.3) is 0 Å². The standard InChI is InChI=1S/3C3H3N2.CH4.3ClH.Ti/c3*1-2-4-5-3-1;;;;;/h3*1-2H,(H,4,5);1H4;3*1H;/q;;;;;;;+3/p-3. The number of hydrogen-bond donors (Lipinski definition) is 3. The van der Waals surface area contributed by atoms with Gasteiger partial charge >= 0.3 is 97.2 Å². The first kappa shape index (κ1) is 21.5. The molecule has 3 aromatic rings. The number of rotatable bonds is 3. The van der Waals surface area contributed by atoms with Crippen LogP contribution in [0.4, 0.5) is 0 Å². The SMILES string of the molecule is C.[Cl-].[Cl-].[Cl-].c1c[c]([Ti+3]([c]2cc[nH]n2)[c]2cc[nH]n2)n[nH]1. The molecule has 0 saturated heterocycles. The van der Waals surface area contributed by atoms with Crippen molar-refractivity contribution < 1.29 is 55.1 Å². The van der Waals surface area contributed by atoms with E-state index in [4.69, 9.17) is 0 Å². The second-order valence-electron chi connectivity index (χ2n) is 3.25. The second kappa shape index (κ2) is 10.0. The van der Waals surface area contributed by atoms with Crippen molar-refractivity contribution in [2.75, 3.05) is 0 Å². The third kappa shape index (κ3) is 4.36. The van der Waals surface area contributed by atoms with Crippen molar-refractivity contribution in [2.24, 2.45) is 0 Å². The molecule has 0 atom stereocenters. The second-order valence-corrected chi connectivity index (χ2v) is 6.82. The molecule has 0 bridgehead atoms. The Morgan fingerprint density at radius 1 is 0.650 bits per heavy atom. The maximum absolute atomic E-state index is 4.27. The topological polar surface area (TPSA) is 86.0 Å². The van der Waals surface area contributed by atoms with Crippen LogP contribution in [0.15, 0.2) is 36.8 Å². The van der Waals surface area contributed by atoms with Crippen LogP contribution in [0.2, 0.25) is 0 Å². The Morgan fingerprint density at radius 3 is 1.15 bits per heavy atom. The first-order valence-electron chi connectivity index (χ1n) is 4.82. The molecule has 0 radical (unpaired) electrons. The maximum atomic E-state index is 4.27. The summed E-state index contributed by atoms with van der Waals surface area (Å²) in [6.07, 6.45) is 5.50. The predicted molar refractivity (Wildman–Crippen MR) is 61.4 cm³/mol. The minimum atomic E-state index is -1.90. The summed E-state index contributed by atoms with van der Waals surface area (Å²) in [5.41, 5.74) is 0. The third-order valence-corrected chi connectivity index (χ3v) is 5.98. The van der Waals surface area contributed by atoms with E-state index >= 15 is 0 Å². The van der Waals surface area contributed by atoms with Crippen LogP contribution in [0.25, 0.3) is 0 Å². The van der Waals surface area contributed by atoms with E-state index < -0.39 is 17.9 Å². The molecule has 20 heavy (non-hydrogen) atoms. The van der Waals surface area contributed by atoms with E-state index in [1.165, 1.54) is 0 Å². The molecular formula is C10H13Cl3N6Ti. The monoisotopic (exact) mass is 370 g/mol. The number of aromatic nitrogens is 6. The summed E-state index contributed by atoms with van der Waals surface area (Å²) in [4.78, 5) is 0. The van der Waals surface area contributed by atoms with Crippen molar-refractivity contribution in [1.82, 2.24) is 30.6 Å². The van der Waals surface area contributed by atoms with Gasteiger partial charge < -0.3 is 37.2 Å². The Labute approximate surface area is 141 Å². The van der Waals surface area contributed by atoms with Gasteiger partial charge in [0.1, 0.15) is 0 Å². The first-order chi connectivity index (χ1) is 7.95. The molecule has 6 nitrogen and oxygen atoms in total. The minimum absolute atomic E-state index is 0. The molecule has 0 aliphatic carbocycles. The summed E-state index contributed by atoms with van der Waals surface area (Å²) >= 11 is -1.90. The molecule has 0 unspecified atom stereocenters. The average Bonchev–Trinajstić information content (AvgIpc) is 3.02. The van der Waals surface area contributed by atoms with Gasteiger partial charge in [-0.3, -0.25) is 0 Å². The van der Waals surface area contributed by atoms with Gasteiger partial charge in [-0.1, -0.05) is 7.43 Å². The normalized spacial score (nSPS) is 7.95. The van der Waals surface area contributed by atoms with Crippen molar-refractivity contribution in [3.05, 3.63) is 36.8 Å². The molecule has 108 valence electrons. The van der Waals surface area contributed by atoms with E-state index in [1.54, 1.807) is 0 Å². The number of aromatic amines is 3. The van der Waals surface area contributed by atoms with E-state index in [9.17, 15) is 0 Å². The van der Waals surface area contributed by atoms with Crippen molar-refractivity contribution in [3.8, 4) is 0 Å². The molecule has 0 spiro atoms. The molecule has 0 amide bonds. The van der Waals surface area contributed by atoms with E-state index in [2.05, 4.69) is 30.6 Å². The molecule has 10 heteroatoms. The van der Waals surface area contributed by atoms with Gasteiger partial charge in [0, 0.05) is 0 Å². The predicted octanol–water partition coefficient (Wildman–Crippen LogP) is -9.60. The van der Waals surface area contributed by atoms with Crippen molar-refractivity contribution in [1.29, 1.82) is 0 Å². The zero-order valence-electron chi connectivity index (χ0n) is 9.44. The first-order valence-corrected chi connectivity index (χ1v) is 7.17. The number of nitrogens with one attached hydrogen (secondary N) is 3. The summed E-state index contributed by atoms with van der Waals surface area (Å²) in [6.45, 7) is 0. The number of nitrogens with zero attached hydrogens (tertiary/aromatic N) is 3. The fraction of sp³-hybridized carbons (Fsp3) is 0.100. The van der Waals surface area contributed by atoms with Crippen LogP contribution in [0.3, 0.4) is 0 Å². The molecule has 0 fully saturated rings. The molecule has 0 aromatic carbocycles. The average molecular weight is 371 g/mol. The Balaban J connectivity index is 0. The van der Waals surface area contributed by atoms with Gasteiger partial charge in [-0.05, 0) is 0 Å². The molecule has 3 rings (SSSR count). The van der Waals surface area contributed by atoms with Crippen LogP contribution >= 0.6 is 0 Å². The van der Waals surface area contributed by atoms with Crippen LogP contribution in [0.1, 0.15) is 7.43 Å². The number of hydrogen-bond acceptors (Lipinski definition) is 3. The third-order valence-electron chi connectivity index (χ3n) is 2.27. The van der Waals surface area contributed by atoms with Gasteiger partial charge in [-0.15, -0.1) is 0 Å². The van der Waals surface area contributed by atoms with E-state index in [0.717, 1.165) is 12.0 Å². The molecule has 3 N–H and O–H groups in total. The van der Waals surface area contributed by atoms with Crippen LogP contribution in [-0.2, 0) is 17.9 Å². The van der Waals surface area contributed by atoms with E-state index in [-0.39, 0.29) is 44.6 Å². The van der Waals surface area contributed by atoms with E-state index in [0.29, 0.717) is 0 Å². The summed E-state index contributed by atoms with van der Waals surface area (Å²) in [5.74, 6) is 0. The van der Waals surface area contributed by atoms with Crippen molar-refractivity contribution in [2.45, 2.75) is 7.43 Å². The van der Waals surface area contributed by atoms with Crippen LogP contribution in [0, 0.1) is 0 Å². The zero-order chi connectivity index (χ0) is 10.8. The van der Waals surface area contributed by atoms with Gasteiger partial charge in [0.05, 0.1) is 0 Å². The Bertz CT molecular complexity index is 458. The summed E-state index contributed by atoms with van der Waals surface area (Å²) in [5, 5.41) is 21.4. The number of H-pyrrole nitrogens is 3. The van der Waals surface area contributed by atoms with Gasteiger partial charge in [-0.25, -0.2) is 0 Å². The zero-order valence-corrected chi connectivity index (χ0v) is 13.3. The molecule has 3 heterocycles. The Morgan fingerprint density at radius 2 is 0.950 bits per heavy atom. The molecule has 0 aliphatic heterocycles. The summed E-state index contributed by atoms with van der Waals surface area (Å²) in [7, 11) is 0. The van der Waals surface area contributed by atoms with Crippen LogP contribution < -0.4 is 49.2 Å². The van der Waals surface area contributed by atoms with Crippen LogP contribution in [0.5, 0.6) is 0 Å². The number of halogens is 3. The summed E-state index contributed by atoms with van der Waals surface area (Å²) in [6, 6.07) is 6.00. The molecule has 0 aliphatic rings. The fourth-order valence-corrected chi connectivity index (χ4v) is 4.82. The quantitative estimate of drug-likeness (QED) is 0.400. The van der Waals surface area contributed by atoms with Crippen molar-refractivity contribution in [3.63, 3.8) is 0 Å². The van der Waals surface area contributed by atoms with Gasteiger partial charge in [0.15, 0.2) is 0 Å². The van der Waals surface area contributed by atoms with Gasteiger partial charge in [-0.2, -0.15) is 0 Å². The summed E-state index contributed by atoms with van der Waals surface area (Å²) < 4.78 is 3.21. The molecular weight excluding hydrogens is 358 g/mol. The fourth-order valence-electron chi connectivity index (χ4n) is 1.59. The molecule has 3 aromatic heterocycles.